The fourth-order valence-corrected chi connectivity index (χ4v) is 4.74. The molecule has 0 spiro atoms. The Kier molecular flexibility index (Phi) is 5.72. The van der Waals surface area contributed by atoms with Gasteiger partial charge in [0.15, 0.2) is 0 Å². The molecule has 1 aromatic heterocycles. The molecule has 3 aromatic rings. The monoisotopic (exact) mass is 418 g/mol. The minimum Gasteiger partial charge on any atom is -0.319 e. The quantitative estimate of drug-likeness (QED) is 0.488. The first kappa shape index (κ1) is 21.0. The number of fused-ring (bicyclic) bond motifs is 2. The van der Waals surface area contributed by atoms with E-state index in [4.69, 9.17) is 4.52 Å². The molecule has 1 aliphatic carbocycles. The van der Waals surface area contributed by atoms with Crippen LogP contribution in [0.4, 0.5) is 5.69 Å². The second kappa shape index (κ2) is 8.46. The van der Waals surface area contributed by atoms with Gasteiger partial charge in [0.05, 0.1) is 11.1 Å². The zero-order valence-electron chi connectivity index (χ0n) is 17.9. The maximum absolute atomic E-state index is 13.0. The maximum Gasteiger partial charge on any atom is 0.366 e. The fourth-order valence-electron chi connectivity index (χ4n) is 4.74. The van der Waals surface area contributed by atoms with Crippen molar-refractivity contribution in [3.63, 3.8) is 0 Å². The Hall–Kier alpha value is -3.28. The molecular weight excluding hydrogens is 392 g/mol. The van der Waals surface area contributed by atoms with E-state index in [9.17, 15) is 14.4 Å². The summed E-state index contributed by atoms with van der Waals surface area (Å²) in [5.41, 5.74) is 2.63. The van der Waals surface area contributed by atoms with Crippen molar-refractivity contribution in [2.24, 2.45) is 0 Å². The molecule has 0 bridgehead atoms. The zero-order valence-corrected chi connectivity index (χ0v) is 17.9. The number of Topliss-reactive ketones (excluding diaryl/α,β-unsaturated/α-hetero) is 1. The number of hydrogen-bond acceptors (Lipinski definition) is 5. The molecule has 1 heterocycles. The number of benzene rings is 2. The topological polar surface area (TPSA) is 89.3 Å². The second-order valence-corrected chi connectivity index (χ2v) is 8.37. The third-order valence-electron chi connectivity index (χ3n) is 6.52. The van der Waals surface area contributed by atoms with Crippen LogP contribution in [0.1, 0.15) is 55.8 Å². The van der Waals surface area contributed by atoms with Gasteiger partial charge in [0.1, 0.15) is 0 Å². The number of nitrogens with one attached hydrogen (secondary N) is 1. The molecule has 0 radical (unpaired) electrons. The molecule has 0 fully saturated rings. The number of rotatable bonds is 5. The van der Waals surface area contributed by atoms with E-state index in [1.54, 1.807) is 25.1 Å². The highest BCUT2D eigenvalue weighted by atomic mass is 16.5. The highest BCUT2D eigenvalue weighted by Gasteiger charge is 2.37. The van der Waals surface area contributed by atoms with Gasteiger partial charge in [-0.1, -0.05) is 42.8 Å². The average Bonchev–Trinajstić information content (AvgIpc) is 2.96. The molecule has 160 valence electrons. The Bertz CT molecular complexity index is 1210. The largest absolute Gasteiger partial charge is 0.366 e. The minimum absolute atomic E-state index is 0.185. The van der Waals surface area contributed by atoms with Crippen LogP contribution in [0.2, 0.25) is 0 Å². The van der Waals surface area contributed by atoms with Crippen LogP contribution in [0.5, 0.6) is 0 Å². The molecule has 1 amide bonds. The van der Waals surface area contributed by atoms with E-state index in [0.29, 0.717) is 22.2 Å². The Morgan fingerprint density at radius 2 is 1.94 bits per heavy atom. The fraction of sp³-hybridized carbons (Fsp3) is 0.360. The SMILES string of the molecule is CCC1(CC(=O)C(=O)Nc2ccc3c(=O)onc(C)c3c2)CCCCc2ccccc21. The number of aromatic nitrogens is 1. The zero-order chi connectivity index (χ0) is 22.0. The highest BCUT2D eigenvalue weighted by molar-refractivity contribution is 6.40. The standard InChI is InChI=1S/C25H26N2O4/c1-3-25(13-7-6-9-17-8-4-5-10-21(17)25)15-22(28)23(29)26-18-11-12-19-20(14-18)16(2)27-31-24(19)30/h4-5,8,10-12,14H,3,6-7,9,13,15H2,1-2H3,(H,26,29). The van der Waals surface area contributed by atoms with Gasteiger partial charge in [-0.3, -0.25) is 9.59 Å². The van der Waals surface area contributed by atoms with Gasteiger partial charge < -0.3 is 9.84 Å². The molecule has 2 aromatic carbocycles. The Morgan fingerprint density at radius 1 is 1.13 bits per heavy atom. The van der Waals surface area contributed by atoms with Gasteiger partial charge in [-0.15, -0.1) is 0 Å². The lowest BCUT2D eigenvalue weighted by Crippen LogP contribution is -2.34. The molecule has 1 N–H and O–H groups in total. The lowest BCUT2D eigenvalue weighted by Gasteiger charge is -2.33. The summed E-state index contributed by atoms with van der Waals surface area (Å²) in [4.78, 5) is 37.6. The number of nitrogens with zero attached hydrogens (tertiary/aromatic N) is 1. The molecule has 4 rings (SSSR count). The third-order valence-corrected chi connectivity index (χ3v) is 6.52. The van der Waals surface area contributed by atoms with Gasteiger partial charge in [-0.2, -0.15) is 0 Å². The van der Waals surface area contributed by atoms with Gasteiger partial charge >= 0.3 is 5.63 Å². The molecule has 6 heteroatoms. The summed E-state index contributed by atoms with van der Waals surface area (Å²) < 4.78 is 4.73. The Labute approximate surface area is 180 Å². The van der Waals surface area contributed by atoms with Crippen LogP contribution in [0.3, 0.4) is 0 Å². The van der Waals surface area contributed by atoms with Gasteiger partial charge in [0.2, 0.25) is 5.78 Å². The molecule has 0 saturated carbocycles. The van der Waals surface area contributed by atoms with E-state index >= 15 is 0 Å². The first-order valence-corrected chi connectivity index (χ1v) is 10.8. The lowest BCUT2D eigenvalue weighted by atomic mass is 9.70. The predicted octanol–water partition coefficient (Wildman–Crippen LogP) is 4.47. The van der Waals surface area contributed by atoms with Gasteiger partial charge in [-0.25, -0.2) is 4.79 Å². The Balaban J connectivity index is 1.57. The van der Waals surface area contributed by atoms with Crippen LogP contribution >= 0.6 is 0 Å². The molecular formula is C25H26N2O4. The van der Waals surface area contributed by atoms with Crippen molar-refractivity contribution >= 4 is 28.2 Å². The van der Waals surface area contributed by atoms with E-state index in [-0.39, 0.29) is 11.8 Å². The lowest BCUT2D eigenvalue weighted by molar-refractivity contribution is -0.135. The molecule has 0 saturated heterocycles. The van der Waals surface area contributed by atoms with Gasteiger partial charge in [0, 0.05) is 22.9 Å². The number of carbonyl (C=O) groups excluding carboxylic acids is 2. The van der Waals surface area contributed by atoms with Crippen LogP contribution in [0.15, 0.2) is 51.8 Å². The number of aryl methyl sites for hydroxylation is 2. The number of ketones is 1. The first-order chi connectivity index (χ1) is 14.9. The summed E-state index contributed by atoms with van der Waals surface area (Å²) in [5, 5.41) is 7.40. The summed E-state index contributed by atoms with van der Waals surface area (Å²) >= 11 is 0. The summed E-state index contributed by atoms with van der Waals surface area (Å²) in [6.07, 6.45) is 5.03. The van der Waals surface area contributed by atoms with Crippen molar-refractivity contribution in [3.8, 4) is 0 Å². The summed E-state index contributed by atoms with van der Waals surface area (Å²) in [5.74, 6) is -1.07. The number of hydrogen-bond donors (Lipinski definition) is 1. The summed E-state index contributed by atoms with van der Waals surface area (Å²) in [6.45, 7) is 3.81. The van der Waals surface area contributed by atoms with Crippen molar-refractivity contribution in [1.29, 1.82) is 0 Å². The van der Waals surface area contributed by atoms with E-state index in [1.807, 2.05) is 12.1 Å². The van der Waals surface area contributed by atoms with Crippen molar-refractivity contribution in [1.82, 2.24) is 5.16 Å². The number of anilines is 1. The van der Waals surface area contributed by atoms with Crippen LogP contribution < -0.4 is 10.9 Å². The predicted molar refractivity (Wildman–Crippen MR) is 119 cm³/mol. The maximum atomic E-state index is 13.0. The molecule has 6 nitrogen and oxygen atoms in total. The summed E-state index contributed by atoms with van der Waals surface area (Å²) in [6, 6.07) is 13.1. The van der Waals surface area contributed by atoms with E-state index < -0.39 is 17.3 Å². The molecule has 31 heavy (non-hydrogen) atoms. The van der Waals surface area contributed by atoms with E-state index in [1.165, 1.54) is 11.1 Å². The smallest absolute Gasteiger partial charge is 0.319 e. The van der Waals surface area contributed by atoms with Gasteiger partial charge in [0.25, 0.3) is 5.91 Å². The van der Waals surface area contributed by atoms with Crippen molar-refractivity contribution in [3.05, 3.63) is 69.7 Å². The Morgan fingerprint density at radius 3 is 2.74 bits per heavy atom. The van der Waals surface area contributed by atoms with Crippen molar-refractivity contribution in [2.75, 3.05) is 5.32 Å². The first-order valence-electron chi connectivity index (χ1n) is 10.8. The molecule has 1 atom stereocenters. The molecule has 0 aliphatic heterocycles. The second-order valence-electron chi connectivity index (χ2n) is 8.37. The van der Waals surface area contributed by atoms with Crippen LogP contribution in [0, 0.1) is 6.92 Å². The van der Waals surface area contributed by atoms with Crippen LogP contribution in [-0.2, 0) is 21.4 Å². The van der Waals surface area contributed by atoms with Crippen molar-refractivity contribution in [2.45, 2.75) is 57.8 Å². The number of amides is 1. The normalized spacial score (nSPS) is 18.3. The number of carbonyl (C=O) groups is 2. The van der Waals surface area contributed by atoms with Gasteiger partial charge in [-0.05, 0) is 61.9 Å². The molecule has 1 unspecified atom stereocenters. The third kappa shape index (κ3) is 4.02. The highest BCUT2D eigenvalue weighted by Crippen LogP contribution is 2.41. The molecule has 1 aliphatic rings. The van der Waals surface area contributed by atoms with Crippen molar-refractivity contribution < 1.29 is 14.1 Å². The minimum atomic E-state index is -0.637. The van der Waals surface area contributed by atoms with Crippen LogP contribution in [-0.4, -0.2) is 16.8 Å². The van der Waals surface area contributed by atoms with Crippen LogP contribution in [0.25, 0.3) is 10.8 Å². The van der Waals surface area contributed by atoms with E-state index in [2.05, 4.69) is 29.5 Å². The summed E-state index contributed by atoms with van der Waals surface area (Å²) in [7, 11) is 0. The van der Waals surface area contributed by atoms with E-state index in [0.717, 1.165) is 32.1 Å². The average molecular weight is 418 g/mol.